The predicted molar refractivity (Wildman–Crippen MR) is 61.7 cm³/mol. The second-order valence-corrected chi connectivity index (χ2v) is 4.49. The van der Waals surface area contributed by atoms with Crippen LogP contribution in [0.25, 0.3) is 11.0 Å². The van der Waals surface area contributed by atoms with E-state index in [1.807, 2.05) is 30.3 Å². The zero-order chi connectivity index (χ0) is 10.2. The van der Waals surface area contributed by atoms with Gasteiger partial charge < -0.3 is 4.42 Å². The molecular formula is C12H15OSn. The summed E-state index contributed by atoms with van der Waals surface area (Å²) in [7, 11) is 0. The SMILES string of the molecule is CCC[CH2][Sn].c1ccc2occc2c1. The number of para-hydroxylation sites is 1. The molecule has 0 amide bonds. The van der Waals surface area contributed by atoms with Crippen LogP contribution in [0.4, 0.5) is 0 Å². The largest absolute Gasteiger partial charge is 0.464 e. The summed E-state index contributed by atoms with van der Waals surface area (Å²) < 4.78 is 6.55. The van der Waals surface area contributed by atoms with Crippen LogP contribution in [0.2, 0.25) is 4.44 Å². The molecule has 0 unspecified atom stereocenters. The van der Waals surface area contributed by atoms with Crippen LogP contribution in [0, 0.1) is 0 Å². The van der Waals surface area contributed by atoms with Gasteiger partial charge in [-0.25, -0.2) is 0 Å². The van der Waals surface area contributed by atoms with Crippen LogP contribution < -0.4 is 0 Å². The molecule has 0 spiro atoms. The third-order valence-electron chi connectivity index (χ3n) is 1.89. The van der Waals surface area contributed by atoms with Crippen molar-refractivity contribution < 1.29 is 4.42 Å². The van der Waals surface area contributed by atoms with Gasteiger partial charge in [0.1, 0.15) is 5.58 Å². The molecule has 0 aliphatic heterocycles. The minimum absolute atomic E-state index is 0.956. The van der Waals surface area contributed by atoms with Crippen LogP contribution >= 0.6 is 0 Å². The Kier molecular flexibility index (Phi) is 5.76. The molecule has 1 aromatic heterocycles. The Morgan fingerprint density at radius 2 is 2.00 bits per heavy atom. The van der Waals surface area contributed by atoms with Gasteiger partial charge in [0.2, 0.25) is 0 Å². The number of hydrogen-bond acceptors (Lipinski definition) is 1. The van der Waals surface area contributed by atoms with Crippen molar-refractivity contribution in [1.29, 1.82) is 0 Å². The Balaban J connectivity index is 0.000000171. The van der Waals surface area contributed by atoms with Crippen molar-refractivity contribution in [3.05, 3.63) is 36.6 Å². The second kappa shape index (κ2) is 6.93. The van der Waals surface area contributed by atoms with Gasteiger partial charge in [0.05, 0.1) is 6.26 Å². The molecule has 0 N–H and O–H groups in total. The van der Waals surface area contributed by atoms with E-state index in [4.69, 9.17) is 4.42 Å². The summed E-state index contributed by atoms with van der Waals surface area (Å²) in [5, 5.41) is 1.16. The third kappa shape index (κ3) is 3.74. The van der Waals surface area contributed by atoms with E-state index in [9.17, 15) is 0 Å². The van der Waals surface area contributed by atoms with Gasteiger partial charge in [-0.05, 0) is 12.1 Å². The Labute approximate surface area is 98.6 Å². The molecule has 0 atom stereocenters. The molecule has 0 saturated heterocycles. The van der Waals surface area contributed by atoms with E-state index in [1.54, 1.807) is 28.8 Å². The third-order valence-corrected chi connectivity index (χ3v) is 2.90. The van der Waals surface area contributed by atoms with Gasteiger partial charge >= 0.3 is 46.7 Å². The minimum atomic E-state index is 0.956. The first-order valence-electron chi connectivity index (χ1n) is 4.95. The fraction of sp³-hybridized carbons (Fsp3) is 0.333. The molecular weight excluding hydrogens is 279 g/mol. The molecule has 73 valence electrons. The van der Waals surface area contributed by atoms with Gasteiger partial charge in [-0.3, -0.25) is 0 Å². The van der Waals surface area contributed by atoms with Crippen molar-refractivity contribution in [3.63, 3.8) is 0 Å². The first-order chi connectivity index (χ1) is 6.88. The van der Waals surface area contributed by atoms with E-state index in [1.165, 1.54) is 17.3 Å². The van der Waals surface area contributed by atoms with Crippen molar-refractivity contribution in [1.82, 2.24) is 0 Å². The maximum Gasteiger partial charge on any atom is 0.133 e. The van der Waals surface area contributed by atoms with Gasteiger partial charge in [0.15, 0.2) is 0 Å². The summed E-state index contributed by atoms with van der Waals surface area (Å²) in [6.07, 6.45) is 4.49. The number of hydrogen-bond donors (Lipinski definition) is 0. The van der Waals surface area contributed by atoms with E-state index in [-0.39, 0.29) is 0 Å². The first-order valence-corrected chi connectivity index (χ1v) is 6.97. The molecule has 0 bridgehead atoms. The number of rotatable bonds is 2. The number of fused-ring (bicyclic) bond motifs is 1. The Bertz CT molecular complexity index is 322. The molecule has 14 heavy (non-hydrogen) atoms. The summed E-state index contributed by atoms with van der Waals surface area (Å²) in [6, 6.07) is 9.90. The predicted octanol–water partition coefficient (Wildman–Crippen LogP) is 3.81. The van der Waals surface area contributed by atoms with Crippen molar-refractivity contribution >= 4 is 33.5 Å². The number of benzene rings is 1. The maximum absolute atomic E-state index is 5.12. The molecule has 1 nitrogen and oxygen atoms in total. The smallest absolute Gasteiger partial charge is 0.133 e. The Hall–Kier alpha value is -0.441. The van der Waals surface area contributed by atoms with Crippen LogP contribution in [-0.2, 0) is 0 Å². The van der Waals surface area contributed by atoms with E-state index in [0.29, 0.717) is 0 Å². The van der Waals surface area contributed by atoms with E-state index in [2.05, 4.69) is 6.92 Å². The summed E-state index contributed by atoms with van der Waals surface area (Å²) in [4.78, 5) is 0. The molecule has 2 rings (SSSR count). The van der Waals surface area contributed by atoms with Crippen molar-refractivity contribution in [3.8, 4) is 0 Å². The van der Waals surface area contributed by atoms with E-state index in [0.717, 1.165) is 11.0 Å². The monoisotopic (exact) mass is 295 g/mol. The molecule has 2 aromatic rings. The van der Waals surface area contributed by atoms with Crippen molar-refractivity contribution in [2.75, 3.05) is 0 Å². The fourth-order valence-electron chi connectivity index (χ4n) is 1.08. The van der Waals surface area contributed by atoms with Crippen LogP contribution in [0.1, 0.15) is 19.8 Å². The van der Waals surface area contributed by atoms with Gasteiger partial charge in [-0.1, -0.05) is 18.2 Å². The fourth-order valence-corrected chi connectivity index (χ4v) is 2.09. The zero-order valence-electron chi connectivity index (χ0n) is 8.49. The molecule has 0 fully saturated rings. The molecule has 1 heterocycles. The van der Waals surface area contributed by atoms with E-state index >= 15 is 0 Å². The van der Waals surface area contributed by atoms with Gasteiger partial charge in [0.25, 0.3) is 0 Å². The average molecular weight is 294 g/mol. The molecule has 0 saturated carbocycles. The summed E-state index contributed by atoms with van der Waals surface area (Å²) >= 11 is 1.68. The minimum Gasteiger partial charge on any atom is -0.464 e. The van der Waals surface area contributed by atoms with E-state index < -0.39 is 0 Å². The Morgan fingerprint density at radius 1 is 1.21 bits per heavy atom. The maximum atomic E-state index is 5.12. The molecule has 2 heteroatoms. The summed E-state index contributed by atoms with van der Waals surface area (Å²) in [5.74, 6) is 0. The second-order valence-electron chi connectivity index (χ2n) is 3.06. The van der Waals surface area contributed by atoms with Crippen LogP contribution in [-0.4, -0.2) is 22.5 Å². The summed E-state index contributed by atoms with van der Waals surface area (Å²) in [5.41, 5.74) is 0.956. The normalized spacial score (nSPS) is 9.57. The standard InChI is InChI=1S/C8H6O.C4H9.Sn/c1-2-4-8-7(3-1)5-6-9-8;1-3-4-2;/h1-6H;1,3-4H2,2H3;. The van der Waals surface area contributed by atoms with Gasteiger partial charge in [0, 0.05) is 5.39 Å². The number of furan rings is 1. The quantitative estimate of drug-likeness (QED) is 0.768. The zero-order valence-corrected chi connectivity index (χ0v) is 11.3. The van der Waals surface area contributed by atoms with Gasteiger partial charge in [-0.2, -0.15) is 0 Å². The van der Waals surface area contributed by atoms with Gasteiger partial charge in [-0.15, -0.1) is 0 Å². The average Bonchev–Trinajstić information content (AvgIpc) is 2.67. The van der Waals surface area contributed by atoms with Crippen molar-refractivity contribution in [2.45, 2.75) is 24.2 Å². The van der Waals surface area contributed by atoms with Crippen LogP contribution in [0.5, 0.6) is 0 Å². The van der Waals surface area contributed by atoms with Crippen LogP contribution in [0.15, 0.2) is 41.0 Å². The van der Waals surface area contributed by atoms with Crippen molar-refractivity contribution in [2.24, 2.45) is 0 Å². The summed E-state index contributed by atoms with van der Waals surface area (Å²) in [6.45, 7) is 2.23. The molecule has 0 aliphatic rings. The topological polar surface area (TPSA) is 13.1 Å². The molecule has 3 radical (unpaired) electrons. The van der Waals surface area contributed by atoms with Crippen LogP contribution in [0.3, 0.4) is 0 Å². The molecule has 1 aromatic carbocycles. The first kappa shape index (κ1) is 11.6. The molecule has 0 aliphatic carbocycles. The number of unbranched alkanes of at least 4 members (excludes halogenated alkanes) is 1. The Morgan fingerprint density at radius 3 is 2.57 bits per heavy atom.